The van der Waals surface area contributed by atoms with Crippen LogP contribution in [0, 0.1) is 0 Å². The van der Waals surface area contributed by atoms with Crippen molar-refractivity contribution in [3.63, 3.8) is 0 Å². The molecule has 1 aliphatic heterocycles. The van der Waals surface area contributed by atoms with Gasteiger partial charge in [0, 0.05) is 5.69 Å². The molecule has 7 nitrogen and oxygen atoms in total. The lowest BCUT2D eigenvalue weighted by Gasteiger charge is -2.14. The molecular weight excluding hydrogens is 508 g/mol. The number of rotatable bonds is 9. The Kier molecular flexibility index (Phi) is 8.71. The van der Waals surface area contributed by atoms with Crippen LogP contribution in [0.3, 0.4) is 0 Å². The first-order valence-corrected chi connectivity index (χ1v) is 12.7. The van der Waals surface area contributed by atoms with Crippen LogP contribution in [0.4, 0.5) is 5.69 Å². The van der Waals surface area contributed by atoms with Crippen LogP contribution < -0.4 is 10.1 Å². The Balaban J connectivity index is 1.36. The van der Waals surface area contributed by atoms with E-state index in [-0.39, 0.29) is 19.1 Å². The number of benzene rings is 3. The number of hydrogen-bond donors (Lipinski definition) is 1. The molecule has 0 atom stereocenters. The van der Waals surface area contributed by atoms with Gasteiger partial charge >= 0.3 is 5.97 Å². The second-order valence-corrected chi connectivity index (χ2v) is 9.64. The van der Waals surface area contributed by atoms with Crippen molar-refractivity contribution in [1.82, 2.24) is 4.90 Å². The first-order chi connectivity index (χ1) is 17.9. The summed E-state index contributed by atoms with van der Waals surface area (Å²) in [6.45, 7) is 2.23. The molecule has 3 aromatic carbocycles. The molecular formula is C28H24N2O5S2. The van der Waals surface area contributed by atoms with Crippen molar-refractivity contribution >= 4 is 57.8 Å². The molecule has 0 bridgehead atoms. The molecule has 0 saturated carbocycles. The molecule has 1 saturated heterocycles. The Morgan fingerprint density at radius 2 is 1.78 bits per heavy atom. The minimum Gasteiger partial charge on any atom is -0.489 e. The summed E-state index contributed by atoms with van der Waals surface area (Å²) in [4.78, 5) is 39.0. The highest BCUT2D eigenvalue weighted by Crippen LogP contribution is 2.33. The molecule has 1 N–H and O–H groups in total. The molecule has 188 valence electrons. The van der Waals surface area contributed by atoms with E-state index in [0.29, 0.717) is 32.8 Å². The van der Waals surface area contributed by atoms with Gasteiger partial charge in [-0.05, 0) is 60.5 Å². The lowest BCUT2D eigenvalue weighted by Crippen LogP contribution is -2.36. The zero-order chi connectivity index (χ0) is 26.2. The van der Waals surface area contributed by atoms with Gasteiger partial charge in [0.15, 0.2) is 0 Å². The number of esters is 1. The van der Waals surface area contributed by atoms with Crippen LogP contribution in [-0.2, 0) is 20.9 Å². The number of hydrogen-bond acceptors (Lipinski definition) is 7. The van der Waals surface area contributed by atoms with E-state index in [1.165, 1.54) is 4.90 Å². The summed E-state index contributed by atoms with van der Waals surface area (Å²) in [7, 11) is 0. The van der Waals surface area contributed by atoms with Gasteiger partial charge in [0.2, 0.25) is 5.91 Å². The monoisotopic (exact) mass is 532 g/mol. The van der Waals surface area contributed by atoms with Crippen LogP contribution in [0.25, 0.3) is 6.08 Å². The first-order valence-electron chi connectivity index (χ1n) is 11.5. The molecule has 0 unspecified atom stereocenters. The van der Waals surface area contributed by atoms with Gasteiger partial charge < -0.3 is 14.8 Å². The third-order valence-electron chi connectivity index (χ3n) is 5.26. The maximum absolute atomic E-state index is 13.0. The Morgan fingerprint density at radius 1 is 1.03 bits per heavy atom. The van der Waals surface area contributed by atoms with Crippen molar-refractivity contribution in [2.75, 3.05) is 18.5 Å². The molecule has 1 aliphatic rings. The van der Waals surface area contributed by atoms with E-state index in [9.17, 15) is 14.4 Å². The van der Waals surface area contributed by atoms with E-state index >= 15 is 0 Å². The third-order valence-corrected chi connectivity index (χ3v) is 6.64. The molecule has 0 aliphatic carbocycles. The normalized spacial score (nSPS) is 14.1. The molecule has 3 aromatic rings. The summed E-state index contributed by atoms with van der Waals surface area (Å²) >= 11 is 6.50. The Labute approximate surface area is 224 Å². The molecule has 4 rings (SSSR count). The van der Waals surface area contributed by atoms with E-state index in [1.807, 2.05) is 54.6 Å². The minimum atomic E-state index is -0.432. The quantitative estimate of drug-likeness (QED) is 0.228. The average Bonchev–Trinajstić information content (AvgIpc) is 3.16. The summed E-state index contributed by atoms with van der Waals surface area (Å²) in [5.74, 6) is -0.490. The van der Waals surface area contributed by atoms with E-state index in [0.717, 1.165) is 22.9 Å². The van der Waals surface area contributed by atoms with Crippen LogP contribution >= 0.6 is 24.0 Å². The molecule has 2 amide bonds. The molecule has 37 heavy (non-hydrogen) atoms. The van der Waals surface area contributed by atoms with Gasteiger partial charge in [0.1, 0.15) is 23.2 Å². The van der Waals surface area contributed by atoms with Crippen molar-refractivity contribution in [1.29, 1.82) is 0 Å². The summed E-state index contributed by atoms with van der Waals surface area (Å²) in [6.07, 6.45) is 1.74. The number of amides is 2. The average molecular weight is 533 g/mol. The highest BCUT2D eigenvalue weighted by molar-refractivity contribution is 8.26. The van der Waals surface area contributed by atoms with Crippen LogP contribution in [0.1, 0.15) is 28.4 Å². The van der Waals surface area contributed by atoms with Gasteiger partial charge in [0.25, 0.3) is 5.91 Å². The molecule has 9 heteroatoms. The van der Waals surface area contributed by atoms with Crippen LogP contribution in [-0.4, -0.2) is 40.2 Å². The number of nitrogens with zero attached hydrogens (tertiary/aromatic N) is 1. The third kappa shape index (κ3) is 7.05. The van der Waals surface area contributed by atoms with Gasteiger partial charge in [-0.2, -0.15) is 0 Å². The van der Waals surface area contributed by atoms with Gasteiger partial charge in [-0.25, -0.2) is 4.79 Å². The van der Waals surface area contributed by atoms with Crippen molar-refractivity contribution < 1.29 is 23.9 Å². The maximum atomic E-state index is 13.0. The highest BCUT2D eigenvalue weighted by Gasteiger charge is 2.33. The van der Waals surface area contributed by atoms with Gasteiger partial charge in [-0.3, -0.25) is 14.5 Å². The smallest absolute Gasteiger partial charge is 0.338 e. The molecule has 1 heterocycles. The summed E-state index contributed by atoms with van der Waals surface area (Å²) in [5.41, 5.74) is 2.72. The summed E-state index contributed by atoms with van der Waals surface area (Å²) in [6, 6.07) is 23.6. The van der Waals surface area contributed by atoms with Crippen LogP contribution in [0.2, 0.25) is 0 Å². The number of carbonyl (C=O) groups excluding carboxylic acids is 3. The van der Waals surface area contributed by atoms with Gasteiger partial charge in [0.05, 0.1) is 17.1 Å². The first kappa shape index (κ1) is 26.1. The second kappa shape index (κ2) is 12.3. The number of nitrogens with one attached hydrogen (secondary N) is 1. The van der Waals surface area contributed by atoms with Gasteiger partial charge in [-0.15, -0.1) is 0 Å². The Morgan fingerprint density at radius 3 is 2.51 bits per heavy atom. The van der Waals surface area contributed by atoms with Crippen molar-refractivity contribution in [3.8, 4) is 5.75 Å². The predicted molar refractivity (Wildman–Crippen MR) is 148 cm³/mol. The zero-order valence-electron chi connectivity index (χ0n) is 20.0. The van der Waals surface area contributed by atoms with E-state index < -0.39 is 11.9 Å². The molecule has 0 spiro atoms. The van der Waals surface area contributed by atoms with Crippen molar-refractivity contribution in [2.24, 2.45) is 0 Å². The number of thiocarbonyl (C=S) groups is 1. The van der Waals surface area contributed by atoms with Crippen molar-refractivity contribution in [2.45, 2.75) is 13.5 Å². The fourth-order valence-electron chi connectivity index (χ4n) is 3.47. The van der Waals surface area contributed by atoms with E-state index in [1.54, 1.807) is 37.3 Å². The SMILES string of the molecule is CCOC(=O)c1ccc(NC(=O)CN2C(=O)/C(=C/c3cccc(OCc4ccccc4)c3)SC2=S)cc1. The second-order valence-electron chi connectivity index (χ2n) is 7.96. The molecule has 0 radical (unpaired) electrons. The largest absolute Gasteiger partial charge is 0.489 e. The Hall–Kier alpha value is -3.95. The highest BCUT2D eigenvalue weighted by atomic mass is 32.2. The van der Waals surface area contributed by atoms with Crippen molar-refractivity contribution in [3.05, 3.63) is 100 Å². The lowest BCUT2D eigenvalue weighted by molar-refractivity contribution is -0.126. The summed E-state index contributed by atoms with van der Waals surface area (Å²) < 4.78 is 11.1. The number of anilines is 1. The van der Waals surface area contributed by atoms with E-state index in [2.05, 4.69) is 5.32 Å². The number of carbonyl (C=O) groups is 3. The van der Waals surface area contributed by atoms with Crippen LogP contribution in [0.15, 0.2) is 83.8 Å². The van der Waals surface area contributed by atoms with Gasteiger partial charge in [-0.1, -0.05) is 66.4 Å². The number of ether oxygens (including phenoxy) is 2. The van der Waals surface area contributed by atoms with Crippen LogP contribution in [0.5, 0.6) is 5.75 Å². The Bertz CT molecular complexity index is 1340. The number of thioether (sulfide) groups is 1. The topological polar surface area (TPSA) is 84.9 Å². The summed E-state index contributed by atoms with van der Waals surface area (Å²) in [5, 5.41) is 2.72. The maximum Gasteiger partial charge on any atom is 0.338 e. The minimum absolute atomic E-state index is 0.220. The lowest BCUT2D eigenvalue weighted by atomic mass is 10.2. The standard InChI is InChI=1S/C28H24N2O5S2/c1-2-34-27(33)21-11-13-22(14-12-21)29-25(31)17-30-26(32)24(37-28(30)36)16-20-9-6-10-23(15-20)35-18-19-7-4-3-5-8-19/h3-16H,2,17-18H2,1H3,(H,29,31)/b24-16-. The zero-order valence-corrected chi connectivity index (χ0v) is 21.6. The van der Waals surface area contributed by atoms with E-state index in [4.69, 9.17) is 21.7 Å². The molecule has 1 fully saturated rings. The fourth-order valence-corrected chi connectivity index (χ4v) is 4.73. The fraction of sp³-hybridized carbons (Fsp3) is 0.143. The molecule has 0 aromatic heterocycles. The predicted octanol–water partition coefficient (Wildman–Crippen LogP) is 5.28.